The van der Waals surface area contributed by atoms with Gasteiger partial charge in [-0.25, -0.2) is 0 Å². The van der Waals surface area contributed by atoms with Gasteiger partial charge < -0.3 is 19.5 Å². The number of ether oxygens (including phenoxy) is 3. The molecule has 2 aromatic rings. The van der Waals surface area contributed by atoms with Gasteiger partial charge in [-0.1, -0.05) is 42.5 Å². The first kappa shape index (κ1) is 14.3. The minimum atomic E-state index is -0.548. The van der Waals surface area contributed by atoms with Crippen molar-refractivity contribution in [3.63, 3.8) is 0 Å². The van der Waals surface area contributed by atoms with Gasteiger partial charge in [-0.05, 0) is 17.7 Å². The van der Waals surface area contributed by atoms with Gasteiger partial charge in [0.25, 0.3) is 0 Å². The molecule has 2 aromatic carbocycles. The Morgan fingerprint density at radius 3 is 2.52 bits per heavy atom. The smallest absolute Gasteiger partial charge is 0.173 e. The Morgan fingerprint density at radius 2 is 1.74 bits per heavy atom. The maximum absolute atomic E-state index is 6.19. The Morgan fingerprint density at radius 1 is 0.957 bits per heavy atom. The van der Waals surface area contributed by atoms with Gasteiger partial charge in [0.15, 0.2) is 17.3 Å². The number of benzene rings is 2. The number of nitrogens with one attached hydrogen (secondary N) is 1. The number of morpholine rings is 1. The van der Waals surface area contributed by atoms with Gasteiger partial charge in [0, 0.05) is 19.5 Å². The van der Waals surface area contributed by atoms with E-state index in [1.165, 1.54) is 5.56 Å². The molecule has 4 heteroatoms. The van der Waals surface area contributed by atoms with Crippen LogP contribution in [-0.4, -0.2) is 25.3 Å². The molecule has 0 saturated carbocycles. The van der Waals surface area contributed by atoms with Crippen LogP contribution in [0.2, 0.25) is 0 Å². The largest absolute Gasteiger partial charge is 0.457 e. The molecule has 2 aliphatic heterocycles. The molecule has 1 N–H and O–H groups in total. The van der Waals surface area contributed by atoms with Crippen LogP contribution in [-0.2, 0) is 11.2 Å². The number of para-hydroxylation sites is 2. The van der Waals surface area contributed by atoms with Crippen LogP contribution in [0, 0.1) is 0 Å². The molecule has 1 atom stereocenters. The van der Waals surface area contributed by atoms with Gasteiger partial charge in [-0.3, -0.25) is 0 Å². The summed E-state index contributed by atoms with van der Waals surface area (Å²) in [5.74, 6) is 2.17. The zero-order valence-corrected chi connectivity index (χ0v) is 12.8. The van der Waals surface area contributed by atoms with Crippen molar-refractivity contribution in [2.45, 2.75) is 12.0 Å². The van der Waals surface area contributed by atoms with E-state index in [1.54, 1.807) is 6.26 Å². The fourth-order valence-electron chi connectivity index (χ4n) is 3.04. The highest BCUT2D eigenvalue weighted by atomic mass is 16.6. The van der Waals surface area contributed by atoms with Gasteiger partial charge in [0.1, 0.15) is 11.9 Å². The highest BCUT2D eigenvalue weighted by Gasteiger charge is 2.41. The van der Waals surface area contributed by atoms with Crippen molar-refractivity contribution < 1.29 is 14.2 Å². The SMILES string of the molecule is C1=C(C2(Cc3ccccc3)CNCCO2)Oc2ccccc2O1. The standard InChI is InChI=1S/C19H19NO3/c1-2-6-15(7-3-1)12-19(14-20-10-11-22-19)18-13-21-16-8-4-5-9-17(16)23-18/h1-9,13,20H,10-12,14H2. The van der Waals surface area contributed by atoms with Crippen molar-refractivity contribution >= 4 is 0 Å². The molecule has 118 valence electrons. The molecule has 0 spiro atoms. The first-order valence-electron chi connectivity index (χ1n) is 7.89. The summed E-state index contributed by atoms with van der Waals surface area (Å²) in [6.07, 6.45) is 2.41. The number of hydrogen-bond donors (Lipinski definition) is 1. The molecule has 0 aromatic heterocycles. The van der Waals surface area contributed by atoms with Crippen molar-refractivity contribution in [2.75, 3.05) is 19.7 Å². The van der Waals surface area contributed by atoms with Crippen molar-refractivity contribution in [1.82, 2.24) is 5.32 Å². The third-order valence-corrected chi connectivity index (χ3v) is 4.21. The van der Waals surface area contributed by atoms with Gasteiger partial charge in [-0.15, -0.1) is 0 Å². The number of fused-ring (bicyclic) bond motifs is 1. The first-order valence-corrected chi connectivity index (χ1v) is 7.89. The summed E-state index contributed by atoms with van der Waals surface area (Å²) in [7, 11) is 0. The van der Waals surface area contributed by atoms with Gasteiger partial charge in [0.05, 0.1) is 6.61 Å². The lowest BCUT2D eigenvalue weighted by Gasteiger charge is -2.39. The second kappa shape index (κ2) is 6.07. The summed E-state index contributed by atoms with van der Waals surface area (Å²) in [6.45, 7) is 2.19. The predicted molar refractivity (Wildman–Crippen MR) is 87.5 cm³/mol. The van der Waals surface area contributed by atoms with Crippen molar-refractivity contribution in [3.8, 4) is 11.5 Å². The van der Waals surface area contributed by atoms with Gasteiger partial charge >= 0.3 is 0 Å². The van der Waals surface area contributed by atoms with Gasteiger partial charge in [-0.2, -0.15) is 0 Å². The molecule has 0 bridgehead atoms. The lowest BCUT2D eigenvalue weighted by molar-refractivity contribution is -0.0623. The lowest BCUT2D eigenvalue weighted by Crippen LogP contribution is -2.54. The Hall–Kier alpha value is -2.30. The molecule has 23 heavy (non-hydrogen) atoms. The molecular weight excluding hydrogens is 290 g/mol. The lowest BCUT2D eigenvalue weighted by atomic mass is 9.91. The fourth-order valence-corrected chi connectivity index (χ4v) is 3.04. The summed E-state index contributed by atoms with van der Waals surface area (Å²) in [5.41, 5.74) is 0.659. The summed E-state index contributed by atoms with van der Waals surface area (Å²) in [6, 6.07) is 18.0. The third kappa shape index (κ3) is 2.83. The van der Waals surface area contributed by atoms with Crippen molar-refractivity contribution in [1.29, 1.82) is 0 Å². The average molecular weight is 309 g/mol. The highest BCUT2D eigenvalue weighted by Crippen LogP contribution is 2.37. The van der Waals surface area contributed by atoms with E-state index in [4.69, 9.17) is 14.2 Å². The predicted octanol–water partition coefficient (Wildman–Crippen LogP) is 2.90. The molecule has 4 rings (SSSR count). The van der Waals surface area contributed by atoms with E-state index in [2.05, 4.69) is 17.4 Å². The van der Waals surface area contributed by atoms with Crippen LogP contribution in [0.15, 0.2) is 66.6 Å². The average Bonchev–Trinajstić information content (AvgIpc) is 2.63. The van der Waals surface area contributed by atoms with Crippen LogP contribution in [0.25, 0.3) is 0 Å². The minimum Gasteiger partial charge on any atom is -0.457 e. The summed E-state index contributed by atoms with van der Waals surface area (Å²) < 4.78 is 18.1. The minimum absolute atomic E-state index is 0.548. The van der Waals surface area contributed by atoms with Crippen molar-refractivity contribution in [2.24, 2.45) is 0 Å². The van der Waals surface area contributed by atoms with E-state index in [1.807, 2.05) is 42.5 Å². The molecule has 2 heterocycles. The molecule has 0 aliphatic carbocycles. The van der Waals surface area contributed by atoms with E-state index in [0.717, 1.165) is 24.5 Å². The van der Waals surface area contributed by atoms with Crippen LogP contribution in [0.3, 0.4) is 0 Å². The topological polar surface area (TPSA) is 39.7 Å². The molecule has 0 radical (unpaired) electrons. The second-order valence-corrected chi connectivity index (χ2v) is 5.83. The monoisotopic (exact) mass is 309 g/mol. The van der Waals surface area contributed by atoms with E-state index in [9.17, 15) is 0 Å². The van der Waals surface area contributed by atoms with Crippen LogP contribution in [0.1, 0.15) is 5.56 Å². The molecule has 1 fully saturated rings. The van der Waals surface area contributed by atoms with Crippen molar-refractivity contribution in [3.05, 3.63) is 72.2 Å². The zero-order valence-electron chi connectivity index (χ0n) is 12.8. The molecule has 1 unspecified atom stereocenters. The van der Waals surface area contributed by atoms with E-state index in [0.29, 0.717) is 18.9 Å². The van der Waals surface area contributed by atoms with Crippen LogP contribution in [0.4, 0.5) is 0 Å². The zero-order chi connectivity index (χ0) is 15.5. The van der Waals surface area contributed by atoms with Crippen LogP contribution < -0.4 is 14.8 Å². The summed E-state index contributed by atoms with van der Waals surface area (Å²) in [5, 5.41) is 3.42. The third-order valence-electron chi connectivity index (χ3n) is 4.21. The molecule has 2 aliphatic rings. The Balaban J connectivity index is 1.65. The Bertz CT molecular complexity index is 706. The van der Waals surface area contributed by atoms with E-state index >= 15 is 0 Å². The second-order valence-electron chi connectivity index (χ2n) is 5.83. The molecule has 1 saturated heterocycles. The first-order chi connectivity index (χ1) is 11.4. The van der Waals surface area contributed by atoms with E-state index < -0.39 is 5.60 Å². The molecule has 4 nitrogen and oxygen atoms in total. The highest BCUT2D eigenvalue weighted by molar-refractivity contribution is 5.44. The van der Waals surface area contributed by atoms with Crippen LogP contribution >= 0.6 is 0 Å². The Kier molecular flexibility index (Phi) is 3.77. The number of hydrogen-bond acceptors (Lipinski definition) is 4. The van der Waals surface area contributed by atoms with E-state index in [-0.39, 0.29) is 0 Å². The number of rotatable bonds is 3. The molecular formula is C19H19NO3. The Labute approximate surface area is 135 Å². The van der Waals surface area contributed by atoms with Gasteiger partial charge in [0.2, 0.25) is 0 Å². The fraction of sp³-hybridized carbons (Fsp3) is 0.263. The summed E-state index contributed by atoms with van der Waals surface area (Å²) >= 11 is 0. The summed E-state index contributed by atoms with van der Waals surface area (Å²) in [4.78, 5) is 0. The normalized spacial score (nSPS) is 23.2. The molecule has 0 amide bonds. The van der Waals surface area contributed by atoms with Crippen LogP contribution in [0.5, 0.6) is 11.5 Å². The maximum Gasteiger partial charge on any atom is 0.173 e. The quantitative estimate of drug-likeness (QED) is 0.946. The maximum atomic E-state index is 6.19.